The fourth-order valence-electron chi connectivity index (χ4n) is 1.44. The van der Waals surface area contributed by atoms with Crippen LogP contribution in [-0.4, -0.2) is 51.3 Å². The molecule has 0 unspecified atom stereocenters. The Bertz CT molecular complexity index is 364. The Morgan fingerprint density at radius 1 is 1.00 bits per heavy atom. The third-order valence-electron chi connectivity index (χ3n) is 2.58. The van der Waals surface area contributed by atoms with Gasteiger partial charge >= 0.3 is 0 Å². The fourth-order valence-corrected chi connectivity index (χ4v) is 1.44. The Hall–Kier alpha value is -1.84. The van der Waals surface area contributed by atoms with Crippen LogP contribution in [-0.2, 0) is 19.1 Å². The summed E-state index contributed by atoms with van der Waals surface area (Å²) < 4.78 is 10.6. The van der Waals surface area contributed by atoms with E-state index in [4.69, 9.17) is 15.9 Å². The third kappa shape index (κ3) is 14.6. The number of terminal acetylenes is 1. The molecule has 0 aromatic carbocycles. The SMILES string of the molecule is C#CCCC(=O)NCCOCCOCCNC(=O)CCC=C. The molecule has 0 radical (unpaired) electrons. The van der Waals surface area contributed by atoms with Gasteiger partial charge in [-0.2, -0.15) is 0 Å². The minimum Gasteiger partial charge on any atom is -0.377 e. The average molecular weight is 310 g/mol. The smallest absolute Gasteiger partial charge is 0.221 e. The van der Waals surface area contributed by atoms with Gasteiger partial charge in [-0.1, -0.05) is 6.08 Å². The van der Waals surface area contributed by atoms with Gasteiger partial charge in [-0.3, -0.25) is 9.59 Å². The normalized spacial score (nSPS) is 9.77. The lowest BCUT2D eigenvalue weighted by molar-refractivity contribution is -0.122. The van der Waals surface area contributed by atoms with Crippen LogP contribution in [0.2, 0.25) is 0 Å². The van der Waals surface area contributed by atoms with Crippen LogP contribution in [0.5, 0.6) is 0 Å². The molecule has 0 aliphatic heterocycles. The number of allylic oxidation sites excluding steroid dienone is 1. The van der Waals surface area contributed by atoms with E-state index in [1.807, 2.05) is 0 Å². The van der Waals surface area contributed by atoms with Crippen LogP contribution in [0.15, 0.2) is 12.7 Å². The number of rotatable bonds is 14. The molecule has 0 aromatic heterocycles. The fraction of sp³-hybridized carbons (Fsp3) is 0.625. The number of carbonyl (C=O) groups excluding carboxylic acids is 2. The molecule has 0 heterocycles. The molecule has 6 heteroatoms. The van der Waals surface area contributed by atoms with Crippen LogP contribution in [0.4, 0.5) is 0 Å². The van der Waals surface area contributed by atoms with E-state index in [0.717, 1.165) is 0 Å². The highest BCUT2D eigenvalue weighted by Gasteiger charge is 1.99. The predicted molar refractivity (Wildman–Crippen MR) is 85.2 cm³/mol. The van der Waals surface area contributed by atoms with Gasteiger partial charge in [0.2, 0.25) is 11.8 Å². The summed E-state index contributed by atoms with van der Waals surface area (Å²) in [6.07, 6.45) is 8.71. The van der Waals surface area contributed by atoms with Crippen LogP contribution in [0, 0.1) is 12.3 Å². The number of carbonyl (C=O) groups is 2. The molecule has 124 valence electrons. The largest absolute Gasteiger partial charge is 0.377 e. The zero-order chi connectivity index (χ0) is 16.5. The molecule has 22 heavy (non-hydrogen) atoms. The maximum atomic E-state index is 11.2. The Balaban J connectivity index is 3.20. The first kappa shape index (κ1) is 20.2. The van der Waals surface area contributed by atoms with Crippen molar-refractivity contribution in [2.45, 2.75) is 25.7 Å². The van der Waals surface area contributed by atoms with Gasteiger partial charge in [0, 0.05) is 32.4 Å². The molecule has 2 N–H and O–H groups in total. The molecule has 0 aromatic rings. The topological polar surface area (TPSA) is 76.7 Å². The van der Waals surface area contributed by atoms with Gasteiger partial charge in [-0.05, 0) is 6.42 Å². The highest BCUT2D eigenvalue weighted by Crippen LogP contribution is 1.88. The minimum absolute atomic E-state index is 0.000303. The van der Waals surface area contributed by atoms with E-state index in [1.165, 1.54) is 0 Å². The number of amides is 2. The summed E-state index contributed by atoms with van der Waals surface area (Å²) in [4.78, 5) is 22.4. The van der Waals surface area contributed by atoms with Gasteiger partial charge in [0.1, 0.15) is 0 Å². The zero-order valence-corrected chi connectivity index (χ0v) is 13.1. The van der Waals surface area contributed by atoms with Crippen molar-refractivity contribution in [1.82, 2.24) is 10.6 Å². The third-order valence-corrected chi connectivity index (χ3v) is 2.58. The molecule has 0 spiro atoms. The van der Waals surface area contributed by atoms with E-state index < -0.39 is 0 Å². The quantitative estimate of drug-likeness (QED) is 0.280. The first-order valence-corrected chi connectivity index (χ1v) is 7.44. The van der Waals surface area contributed by atoms with E-state index >= 15 is 0 Å². The standard InChI is InChI=1S/C16H26N2O4/c1-3-5-7-15(19)17-9-11-21-13-14-22-12-10-18-16(20)8-6-4-2/h1,4H,2,5-14H2,(H,17,19)(H,18,20). The molecule has 0 fully saturated rings. The summed E-state index contributed by atoms with van der Waals surface area (Å²) >= 11 is 0. The summed E-state index contributed by atoms with van der Waals surface area (Å²) in [6, 6.07) is 0. The summed E-state index contributed by atoms with van der Waals surface area (Å²) in [6.45, 7) is 6.29. The second-order valence-electron chi connectivity index (χ2n) is 4.46. The zero-order valence-electron chi connectivity index (χ0n) is 13.1. The van der Waals surface area contributed by atoms with Crippen molar-refractivity contribution in [2.75, 3.05) is 39.5 Å². The van der Waals surface area contributed by atoms with E-state index in [2.05, 4.69) is 23.1 Å². The molecule has 0 atom stereocenters. The average Bonchev–Trinajstić information content (AvgIpc) is 2.52. The van der Waals surface area contributed by atoms with Crippen LogP contribution in [0.1, 0.15) is 25.7 Å². The Labute approximate surface area is 132 Å². The molecular weight excluding hydrogens is 284 g/mol. The van der Waals surface area contributed by atoms with E-state index in [1.54, 1.807) is 6.08 Å². The highest BCUT2D eigenvalue weighted by atomic mass is 16.5. The van der Waals surface area contributed by atoms with Gasteiger partial charge in [0.05, 0.1) is 26.4 Å². The molecule has 0 rings (SSSR count). The van der Waals surface area contributed by atoms with Crippen molar-refractivity contribution in [3.05, 3.63) is 12.7 Å². The van der Waals surface area contributed by atoms with Crippen molar-refractivity contribution in [3.63, 3.8) is 0 Å². The molecule has 0 aliphatic rings. The maximum absolute atomic E-state index is 11.2. The maximum Gasteiger partial charge on any atom is 0.221 e. The second-order valence-corrected chi connectivity index (χ2v) is 4.46. The van der Waals surface area contributed by atoms with E-state index in [0.29, 0.717) is 65.2 Å². The summed E-state index contributed by atoms with van der Waals surface area (Å²) in [7, 11) is 0. The van der Waals surface area contributed by atoms with Crippen molar-refractivity contribution in [3.8, 4) is 12.3 Å². The minimum atomic E-state index is -0.0648. The number of nitrogens with one attached hydrogen (secondary N) is 2. The van der Waals surface area contributed by atoms with E-state index in [9.17, 15) is 9.59 Å². The predicted octanol–water partition coefficient (Wildman–Crippen LogP) is 0.632. The Morgan fingerprint density at radius 3 is 2.05 bits per heavy atom. The molecule has 0 bridgehead atoms. The van der Waals surface area contributed by atoms with Crippen molar-refractivity contribution in [2.24, 2.45) is 0 Å². The van der Waals surface area contributed by atoms with Gasteiger partial charge in [-0.25, -0.2) is 0 Å². The van der Waals surface area contributed by atoms with Crippen molar-refractivity contribution >= 4 is 11.8 Å². The van der Waals surface area contributed by atoms with Crippen LogP contribution in [0.25, 0.3) is 0 Å². The first-order valence-electron chi connectivity index (χ1n) is 7.44. The Morgan fingerprint density at radius 2 is 1.55 bits per heavy atom. The van der Waals surface area contributed by atoms with Crippen LogP contribution in [0.3, 0.4) is 0 Å². The summed E-state index contributed by atoms with van der Waals surface area (Å²) in [5, 5.41) is 5.45. The van der Waals surface area contributed by atoms with Gasteiger partial charge in [0.25, 0.3) is 0 Å². The van der Waals surface area contributed by atoms with Gasteiger partial charge < -0.3 is 20.1 Å². The molecule has 6 nitrogen and oxygen atoms in total. The monoisotopic (exact) mass is 310 g/mol. The summed E-state index contributed by atoms with van der Waals surface area (Å²) in [5.74, 6) is 2.35. The molecule has 2 amide bonds. The number of ether oxygens (including phenoxy) is 2. The number of hydrogen-bond acceptors (Lipinski definition) is 4. The lowest BCUT2D eigenvalue weighted by atomic mass is 10.3. The molecule has 0 saturated carbocycles. The molecule has 0 aliphatic carbocycles. The van der Waals surface area contributed by atoms with Crippen molar-refractivity contribution < 1.29 is 19.1 Å². The van der Waals surface area contributed by atoms with Crippen LogP contribution >= 0.6 is 0 Å². The van der Waals surface area contributed by atoms with Crippen LogP contribution < -0.4 is 10.6 Å². The second kappa shape index (κ2) is 15.5. The summed E-state index contributed by atoms with van der Waals surface area (Å²) in [5.41, 5.74) is 0. The lowest BCUT2D eigenvalue weighted by Crippen LogP contribution is -2.28. The van der Waals surface area contributed by atoms with Gasteiger partial charge in [-0.15, -0.1) is 18.9 Å². The molecule has 0 saturated heterocycles. The van der Waals surface area contributed by atoms with Gasteiger partial charge in [0.15, 0.2) is 0 Å². The van der Waals surface area contributed by atoms with Crippen molar-refractivity contribution in [1.29, 1.82) is 0 Å². The lowest BCUT2D eigenvalue weighted by Gasteiger charge is -2.07. The first-order chi connectivity index (χ1) is 10.7. The van der Waals surface area contributed by atoms with E-state index in [-0.39, 0.29) is 11.8 Å². The number of hydrogen-bond donors (Lipinski definition) is 2. The molecular formula is C16H26N2O4. The highest BCUT2D eigenvalue weighted by molar-refractivity contribution is 5.76. The Kier molecular flexibility index (Phi) is 14.2.